The second kappa shape index (κ2) is 37.5. The normalized spacial score (nSPS) is 12.7. The molecule has 0 aromatic rings. The van der Waals surface area contributed by atoms with Gasteiger partial charge in [-0.2, -0.15) is 0 Å². The number of aliphatic hydroxyl groups excluding tert-OH is 2. The highest BCUT2D eigenvalue weighted by molar-refractivity contribution is 7.94. The molecule has 0 spiro atoms. The predicted molar refractivity (Wildman–Crippen MR) is 205 cm³/mol. The van der Waals surface area contributed by atoms with Crippen LogP contribution < -0.4 is 0 Å². The number of unbranched alkanes of at least 4 members (excludes halogenated alkanes) is 14. The Morgan fingerprint density at radius 3 is 1.58 bits per heavy atom. The maximum absolute atomic E-state index is 12.5. The summed E-state index contributed by atoms with van der Waals surface area (Å²) in [6.07, 6.45) is 22.1. The molecule has 0 aliphatic heterocycles. The van der Waals surface area contributed by atoms with Crippen LogP contribution in [0.2, 0.25) is 0 Å². The molecule has 3 N–H and O–H groups in total. The smallest absolute Gasteiger partial charge is 0.434 e. The molecular weight excluding hydrogens is 658 g/mol. The second-order valence-electron chi connectivity index (χ2n) is 13.8. The molecule has 0 aromatic carbocycles. The topological polar surface area (TPSA) is 135 Å². The van der Waals surface area contributed by atoms with Gasteiger partial charge in [0.2, 0.25) is 0 Å². The highest BCUT2D eigenvalue weighted by Crippen LogP contribution is 2.19. The van der Waals surface area contributed by atoms with Crippen LogP contribution in [-0.4, -0.2) is 95.5 Å². The van der Waals surface area contributed by atoms with Crippen LogP contribution in [0.5, 0.6) is 0 Å². The minimum Gasteiger partial charge on any atom is -0.434 e. The Kier molecular flexibility index (Phi) is 36.5. The highest BCUT2D eigenvalue weighted by atomic mass is 32.2. The number of carbonyl (C=O) groups is 2. The molecule has 0 rings (SSSR count). The summed E-state index contributed by atoms with van der Waals surface area (Å²) in [7, 11) is 0. The van der Waals surface area contributed by atoms with Gasteiger partial charge in [0, 0.05) is 31.5 Å². The summed E-state index contributed by atoms with van der Waals surface area (Å²) in [6.45, 7) is 9.15. The third-order valence-electron chi connectivity index (χ3n) is 8.99. The zero-order valence-electron chi connectivity index (χ0n) is 32.3. The van der Waals surface area contributed by atoms with E-state index in [2.05, 4.69) is 25.7 Å². The molecule has 298 valence electrons. The van der Waals surface area contributed by atoms with Crippen molar-refractivity contribution in [1.29, 1.82) is 0 Å². The number of ether oxygens (including phenoxy) is 4. The van der Waals surface area contributed by atoms with Crippen molar-refractivity contribution in [1.82, 2.24) is 4.90 Å². The molecule has 0 heterocycles. The van der Waals surface area contributed by atoms with E-state index in [0.717, 1.165) is 69.8 Å². The van der Waals surface area contributed by atoms with Crippen LogP contribution in [0.15, 0.2) is 0 Å². The van der Waals surface area contributed by atoms with E-state index in [1.54, 1.807) is 0 Å². The summed E-state index contributed by atoms with van der Waals surface area (Å²) in [6, 6.07) is 0. The van der Waals surface area contributed by atoms with E-state index in [0.29, 0.717) is 58.3 Å². The summed E-state index contributed by atoms with van der Waals surface area (Å²) in [5.74, 6) is 0. The van der Waals surface area contributed by atoms with Gasteiger partial charge >= 0.3 is 12.3 Å². The molecule has 2 unspecified atom stereocenters. The van der Waals surface area contributed by atoms with Crippen molar-refractivity contribution in [3.8, 4) is 0 Å². The third-order valence-corrected chi connectivity index (χ3v) is 9.68. The molecule has 0 amide bonds. The first-order valence-corrected chi connectivity index (χ1v) is 21.2. The predicted octanol–water partition coefficient (Wildman–Crippen LogP) is 10.3. The van der Waals surface area contributed by atoms with Gasteiger partial charge in [-0.15, -0.1) is 0 Å². The zero-order valence-corrected chi connectivity index (χ0v) is 33.1. The first-order valence-electron chi connectivity index (χ1n) is 20.3. The van der Waals surface area contributed by atoms with Crippen molar-refractivity contribution in [2.45, 2.75) is 192 Å². The maximum atomic E-state index is 12.5. The summed E-state index contributed by atoms with van der Waals surface area (Å²) in [5, 5.41) is 20.0. The molecule has 11 heteroatoms. The largest absolute Gasteiger partial charge is 0.508 e. The van der Waals surface area contributed by atoms with Crippen molar-refractivity contribution in [2.24, 2.45) is 0 Å². The quantitative estimate of drug-likeness (QED) is 0.0320. The summed E-state index contributed by atoms with van der Waals surface area (Å²) in [5.41, 5.74) is 0. The number of carbonyl (C=O) groups excluding carboxylic acids is 2. The summed E-state index contributed by atoms with van der Waals surface area (Å²) < 4.78 is 31.3. The van der Waals surface area contributed by atoms with Gasteiger partial charge in [-0.05, 0) is 89.1 Å². The van der Waals surface area contributed by atoms with Crippen LogP contribution in [0.4, 0.5) is 9.59 Å². The fraction of sp³-hybridized carbons (Fsp3) is 0.949. The Labute approximate surface area is 310 Å². The van der Waals surface area contributed by atoms with Crippen LogP contribution in [0, 0.1) is 0 Å². The Morgan fingerprint density at radius 1 is 0.580 bits per heavy atom. The standard InChI is InChI=1S/C39H77NO9S/c1-4-7-10-12-14-16-25-36(26-17-15-13-11-8-5-2)49-39(44)48-32-22-19-27-37(50-45)34-40(28-23-29-41)33-35(42)24-18-21-31-47-38(43)46-30-20-9-6-3/h35-37,41-42,45H,4-34H2,1-3H3. The Bertz CT molecular complexity index is 732. The third kappa shape index (κ3) is 32.6. The summed E-state index contributed by atoms with van der Waals surface area (Å²) >= 11 is 0.815. The molecule has 0 fully saturated rings. The SMILES string of the molecule is CCCCCCCCC(CCCCCCCC)OC(=O)OCCCCC(CN(CCCO)CC(O)CCCCOC(=O)OCCCCC)SO. The van der Waals surface area contributed by atoms with Gasteiger partial charge in [-0.1, -0.05) is 97.8 Å². The number of aliphatic hydroxyl groups is 2. The minimum atomic E-state index is -0.637. The van der Waals surface area contributed by atoms with Gasteiger partial charge in [0.25, 0.3) is 0 Å². The average Bonchev–Trinajstić information content (AvgIpc) is 3.10. The van der Waals surface area contributed by atoms with E-state index >= 15 is 0 Å². The van der Waals surface area contributed by atoms with Crippen LogP contribution >= 0.6 is 12.0 Å². The Balaban J connectivity index is 4.44. The number of hydrogen-bond acceptors (Lipinski definition) is 11. The van der Waals surface area contributed by atoms with E-state index in [1.165, 1.54) is 64.2 Å². The molecule has 0 aromatic heterocycles. The van der Waals surface area contributed by atoms with Crippen molar-refractivity contribution in [3.05, 3.63) is 0 Å². The lowest BCUT2D eigenvalue weighted by Crippen LogP contribution is -2.38. The second-order valence-corrected chi connectivity index (χ2v) is 14.7. The molecule has 0 bridgehead atoms. The fourth-order valence-corrected chi connectivity index (χ4v) is 6.51. The number of hydrogen-bond donors (Lipinski definition) is 3. The van der Waals surface area contributed by atoms with Crippen LogP contribution in [0.25, 0.3) is 0 Å². The molecule has 0 aliphatic carbocycles. The molecule has 0 radical (unpaired) electrons. The molecule has 0 saturated heterocycles. The molecule has 0 saturated carbocycles. The average molecular weight is 736 g/mol. The molecule has 50 heavy (non-hydrogen) atoms. The van der Waals surface area contributed by atoms with Crippen LogP contribution in [0.3, 0.4) is 0 Å². The fourth-order valence-electron chi connectivity index (χ4n) is 5.96. The Morgan fingerprint density at radius 2 is 1.04 bits per heavy atom. The molecule has 10 nitrogen and oxygen atoms in total. The van der Waals surface area contributed by atoms with Crippen LogP contribution in [0.1, 0.15) is 175 Å². The van der Waals surface area contributed by atoms with E-state index < -0.39 is 18.4 Å². The Hall–Kier alpha value is -1.27. The van der Waals surface area contributed by atoms with Gasteiger partial charge in [-0.3, -0.25) is 4.90 Å². The maximum Gasteiger partial charge on any atom is 0.508 e. The molecule has 2 atom stereocenters. The van der Waals surface area contributed by atoms with Gasteiger partial charge in [0.1, 0.15) is 6.10 Å². The van der Waals surface area contributed by atoms with Gasteiger partial charge in [-0.25, -0.2) is 9.59 Å². The lowest BCUT2D eigenvalue weighted by atomic mass is 10.0. The monoisotopic (exact) mass is 736 g/mol. The number of rotatable bonds is 37. The van der Waals surface area contributed by atoms with Gasteiger partial charge in [0.15, 0.2) is 0 Å². The first-order chi connectivity index (χ1) is 24.4. The summed E-state index contributed by atoms with van der Waals surface area (Å²) in [4.78, 5) is 26.2. The first kappa shape index (κ1) is 48.7. The van der Waals surface area contributed by atoms with Gasteiger partial charge in [0.05, 0.1) is 25.9 Å². The van der Waals surface area contributed by atoms with Crippen molar-refractivity contribution in [2.75, 3.05) is 46.1 Å². The zero-order chi connectivity index (χ0) is 36.9. The van der Waals surface area contributed by atoms with Gasteiger partial charge < -0.3 is 33.7 Å². The van der Waals surface area contributed by atoms with Crippen molar-refractivity contribution >= 4 is 24.4 Å². The van der Waals surface area contributed by atoms with Crippen molar-refractivity contribution in [3.63, 3.8) is 0 Å². The lowest BCUT2D eigenvalue weighted by molar-refractivity contribution is 0.0154. The molecule has 0 aliphatic rings. The van der Waals surface area contributed by atoms with Crippen LogP contribution in [-0.2, 0) is 18.9 Å². The lowest BCUT2D eigenvalue weighted by Gasteiger charge is -2.28. The van der Waals surface area contributed by atoms with E-state index in [4.69, 9.17) is 18.9 Å². The van der Waals surface area contributed by atoms with E-state index in [9.17, 15) is 24.4 Å². The van der Waals surface area contributed by atoms with Crippen molar-refractivity contribution < 1.29 is 43.3 Å². The van der Waals surface area contributed by atoms with E-state index in [-0.39, 0.29) is 31.2 Å². The number of nitrogens with zero attached hydrogens (tertiary/aromatic N) is 1. The minimum absolute atomic E-state index is 0.0572. The molecular formula is C39H77NO9S. The highest BCUT2D eigenvalue weighted by Gasteiger charge is 2.19. The van der Waals surface area contributed by atoms with E-state index in [1.807, 2.05) is 0 Å².